The molecule has 3 rings (SSSR count). The molecule has 0 nitrogen and oxygen atoms in total. The second-order valence-electron chi connectivity index (χ2n) is 5.00. The Bertz CT molecular complexity index is 584. The standard InChI is InChI=1S/C16H13Br2Cl/c17-13-5-6-15(18)14(9-13)16(19)12-7-10-3-1-2-4-11(10)8-12/h1-6,9,12,16H,7-8H2. The van der Waals surface area contributed by atoms with Gasteiger partial charge in [0.1, 0.15) is 0 Å². The van der Waals surface area contributed by atoms with Gasteiger partial charge >= 0.3 is 0 Å². The Kier molecular flexibility index (Phi) is 4.02. The number of hydrogen-bond donors (Lipinski definition) is 0. The van der Waals surface area contributed by atoms with Gasteiger partial charge in [0.05, 0.1) is 5.38 Å². The van der Waals surface area contributed by atoms with Crippen LogP contribution in [0.2, 0.25) is 0 Å². The number of fused-ring (bicyclic) bond motifs is 1. The van der Waals surface area contributed by atoms with Crippen molar-refractivity contribution in [1.29, 1.82) is 0 Å². The molecule has 1 unspecified atom stereocenters. The Hall–Kier alpha value is -0.310. The zero-order valence-corrected chi connectivity index (χ0v) is 14.2. The van der Waals surface area contributed by atoms with Crippen LogP contribution in [-0.2, 0) is 12.8 Å². The summed E-state index contributed by atoms with van der Waals surface area (Å²) in [6, 6.07) is 14.9. The van der Waals surface area contributed by atoms with Crippen molar-refractivity contribution in [2.24, 2.45) is 5.92 Å². The van der Waals surface area contributed by atoms with Crippen LogP contribution in [0.25, 0.3) is 0 Å². The molecule has 0 saturated heterocycles. The molecule has 0 aromatic heterocycles. The van der Waals surface area contributed by atoms with Gasteiger partial charge in [-0.15, -0.1) is 11.6 Å². The summed E-state index contributed by atoms with van der Waals surface area (Å²) in [5, 5.41) is 0.0410. The summed E-state index contributed by atoms with van der Waals surface area (Å²) in [5.74, 6) is 0.477. The largest absolute Gasteiger partial charge is 0.117 e. The third kappa shape index (κ3) is 2.76. The first-order chi connectivity index (χ1) is 9.15. The zero-order chi connectivity index (χ0) is 13.4. The smallest absolute Gasteiger partial charge is 0.0631 e. The van der Waals surface area contributed by atoms with Gasteiger partial charge in [-0.05, 0) is 53.6 Å². The van der Waals surface area contributed by atoms with Crippen molar-refractivity contribution in [3.8, 4) is 0 Å². The quantitative estimate of drug-likeness (QED) is 0.550. The molecule has 2 aromatic rings. The van der Waals surface area contributed by atoms with Crippen LogP contribution in [0.15, 0.2) is 51.4 Å². The molecule has 1 atom stereocenters. The van der Waals surface area contributed by atoms with Gasteiger partial charge in [0.2, 0.25) is 0 Å². The van der Waals surface area contributed by atoms with E-state index in [0.29, 0.717) is 5.92 Å². The molecule has 2 aromatic carbocycles. The van der Waals surface area contributed by atoms with E-state index >= 15 is 0 Å². The Labute approximate surface area is 135 Å². The molecular weight excluding hydrogens is 387 g/mol. The van der Waals surface area contributed by atoms with Gasteiger partial charge in [-0.1, -0.05) is 56.1 Å². The van der Waals surface area contributed by atoms with Crippen LogP contribution >= 0.6 is 43.5 Å². The molecule has 0 saturated carbocycles. The highest BCUT2D eigenvalue weighted by Crippen LogP contribution is 2.42. The predicted octanol–water partition coefficient (Wildman–Crippen LogP) is 5.91. The molecule has 0 amide bonds. The van der Waals surface area contributed by atoms with Gasteiger partial charge in [-0.2, -0.15) is 0 Å². The number of rotatable bonds is 2. The minimum absolute atomic E-state index is 0.0410. The fourth-order valence-electron chi connectivity index (χ4n) is 2.78. The zero-order valence-electron chi connectivity index (χ0n) is 10.2. The molecule has 0 radical (unpaired) electrons. The lowest BCUT2D eigenvalue weighted by Crippen LogP contribution is -2.08. The maximum atomic E-state index is 6.73. The van der Waals surface area contributed by atoms with Crippen LogP contribution in [-0.4, -0.2) is 0 Å². The van der Waals surface area contributed by atoms with E-state index in [0.717, 1.165) is 21.8 Å². The second kappa shape index (κ2) is 5.59. The summed E-state index contributed by atoms with van der Waals surface area (Å²) in [5.41, 5.74) is 4.07. The minimum Gasteiger partial charge on any atom is -0.117 e. The first kappa shape index (κ1) is 13.7. The number of halogens is 3. The van der Waals surface area contributed by atoms with E-state index in [4.69, 9.17) is 11.6 Å². The van der Waals surface area contributed by atoms with E-state index in [1.54, 1.807) is 0 Å². The van der Waals surface area contributed by atoms with Crippen LogP contribution in [0.3, 0.4) is 0 Å². The van der Waals surface area contributed by atoms with Gasteiger partial charge in [0, 0.05) is 8.95 Å². The molecule has 19 heavy (non-hydrogen) atoms. The summed E-state index contributed by atoms with van der Waals surface area (Å²) < 4.78 is 2.17. The Morgan fingerprint density at radius 1 is 1.00 bits per heavy atom. The third-order valence-electron chi connectivity index (χ3n) is 3.75. The van der Waals surface area contributed by atoms with E-state index < -0.39 is 0 Å². The van der Waals surface area contributed by atoms with Crippen LogP contribution in [0.1, 0.15) is 22.1 Å². The fraction of sp³-hybridized carbons (Fsp3) is 0.250. The normalized spacial score (nSPS) is 16.4. The Balaban J connectivity index is 1.87. The van der Waals surface area contributed by atoms with E-state index in [2.05, 4.69) is 68.3 Å². The van der Waals surface area contributed by atoms with Crippen LogP contribution in [0.4, 0.5) is 0 Å². The maximum absolute atomic E-state index is 6.73. The van der Waals surface area contributed by atoms with Crippen molar-refractivity contribution >= 4 is 43.5 Å². The van der Waals surface area contributed by atoms with E-state index in [1.807, 2.05) is 6.07 Å². The first-order valence-corrected chi connectivity index (χ1v) is 8.33. The predicted molar refractivity (Wildman–Crippen MR) is 87.8 cm³/mol. The van der Waals surface area contributed by atoms with E-state index in [-0.39, 0.29) is 5.38 Å². The van der Waals surface area contributed by atoms with E-state index in [9.17, 15) is 0 Å². The molecule has 98 valence electrons. The van der Waals surface area contributed by atoms with Gasteiger partial charge in [0.15, 0.2) is 0 Å². The highest BCUT2D eigenvalue weighted by atomic mass is 79.9. The molecule has 0 aliphatic heterocycles. The summed E-state index contributed by atoms with van der Waals surface area (Å²) >= 11 is 13.9. The van der Waals surface area contributed by atoms with Crippen molar-refractivity contribution in [2.45, 2.75) is 18.2 Å². The van der Waals surface area contributed by atoms with Crippen molar-refractivity contribution in [1.82, 2.24) is 0 Å². The number of benzene rings is 2. The lowest BCUT2D eigenvalue weighted by Gasteiger charge is -2.19. The molecule has 0 spiro atoms. The molecule has 1 aliphatic carbocycles. The van der Waals surface area contributed by atoms with Crippen molar-refractivity contribution < 1.29 is 0 Å². The van der Waals surface area contributed by atoms with Crippen LogP contribution in [0.5, 0.6) is 0 Å². The molecule has 0 bridgehead atoms. The Morgan fingerprint density at radius 2 is 1.63 bits per heavy atom. The third-order valence-corrected chi connectivity index (χ3v) is 5.56. The molecule has 0 heterocycles. The lowest BCUT2D eigenvalue weighted by molar-refractivity contribution is 0.539. The maximum Gasteiger partial charge on any atom is 0.0631 e. The average molecular weight is 401 g/mol. The van der Waals surface area contributed by atoms with Crippen LogP contribution < -0.4 is 0 Å². The van der Waals surface area contributed by atoms with E-state index in [1.165, 1.54) is 16.7 Å². The number of alkyl halides is 1. The summed E-state index contributed by atoms with van der Waals surface area (Å²) in [7, 11) is 0. The fourth-order valence-corrected chi connectivity index (χ4v) is 4.14. The summed E-state index contributed by atoms with van der Waals surface area (Å²) in [4.78, 5) is 0. The summed E-state index contributed by atoms with van der Waals surface area (Å²) in [6.45, 7) is 0. The molecular formula is C16H13Br2Cl. The average Bonchev–Trinajstić information content (AvgIpc) is 2.84. The SMILES string of the molecule is ClC(c1cc(Br)ccc1Br)C1Cc2ccccc2C1. The Morgan fingerprint density at radius 3 is 2.26 bits per heavy atom. The molecule has 0 fully saturated rings. The topological polar surface area (TPSA) is 0 Å². The highest BCUT2D eigenvalue weighted by Gasteiger charge is 2.29. The lowest BCUT2D eigenvalue weighted by atomic mass is 9.96. The summed E-state index contributed by atoms with van der Waals surface area (Å²) in [6.07, 6.45) is 2.15. The number of hydrogen-bond acceptors (Lipinski definition) is 0. The monoisotopic (exact) mass is 398 g/mol. The van der Waals surface area contributed by atoms with Crippen molar-refractivity contribution in [2.75, 3.05) is 0 Å². The van der Waals surface area contributed by atoms with Gasteiger partial charge in [0.25, 0.3) is 0 Å². The van der Waals surface area contributed by atoms with Gasteiger partial charge in [-0.25, -0.2) is 0 Å². The second-order valence-corrected chi connectivity index (χ2v) is 7.24. The van der Waals surface area contributed by atoms with Crippen LogP contribution in [0, 0.1) is 5.92 Å². The van der Waals surface area contributed by atoms with Crippen molar-refractivity contribution in [3.05, 3.63) is 68.1 Å². The van der Waals surface area contributed by atoms with Gasteiger partial charge in [-0.3, -0.25) is 0 Å². The first-order valence-electron chi connectivity index (χ1n) is 6.31. The highest BCUT2D eigenvalue weighted by molar-refractivity contribution is 9.11. The molecule has 3 heteroatoms. The van der Waals surface area contributed by atoms with Crippen molar-refractivity contribution in [3.63, 3.8) is 0 Å². The minimum atomic E-state index is 0.0410. The van der Waals surface area contributed by atoms with Gasteiger partial charge < -0.3 is 0 Å². The molecule has 0 N–H and O–H groups in total. The molecule has 1 aliphatic rings.